The summed E-state index contributed by atoms with van der Waals surface area (Å²) >= 11 is 0. The molecule has 1 heterocycles. The molecule has 0 amide bonds. The second-order valence-corrected chi connectivity index (χ2v) is 5.56. The molecule has 0 aromatic heterocycles. The van der Waals surface area contributed by atoms with E-state index in [0.717, 1.165) is 31.8 Å². The highest BCUT2D eigenvalue weighted by Crippen LogP contribution is 2.20. The highest BCUT2D eigenvalue weighted by Gasteiger charge is 2.23. The molecule has 0 radical (unpaired) electrons. The number of aryl methyl sites for hydroxylation is 1. The molecule has 0 aliphatic carbocycles. The first-order chi connectivity index (χ1) is 9.79. The first-order valence-corrected chi connectivity index (χ1v) is 7.29. The summed E-state index contributed by atoms with van der Waals surface area (Å²) in [6.07, 6.45) is 1.43. The number of likely N-dealkylation sites (tertiary alicyclic amines) is 1. The maximum Gasteiger partial charge on any atom is 0.119 e. The molecule has 0 saturated carbocycles. The van der Waals surface area contributed by atoms with E-state index in [9.17, 15) is 0 Å². The molecular weight excluding hydrogens is 246 g/mol. The van der Waals surface area contributed by atoms with Gasteiger partial charge in [0, 0.05) is 19.6 Å². The fourth-order valence-corrected chi connectivity index (χ4v) is 2.69. The fourth-order valence-electron chi connectivity index (χ4n) is 2.69. The maximum absolute atomic E-state index is 6.06. The lowest BCUT2D eigenvalue weighted by atomic mass is 10.2. The fraction of sp³-hybridized carbons (Fsp3) is 0.333. The second-order valence-electron chi connectivity index (χ2n) is 5.56. The molecule has 1 aliphatic rings. The Bertz CT molecular complexity index is 535. The van der Waals surface area contributed by atoms with Crippen LogP contribution in [0.5, 0.6) is 5.75 Å². The predicted octanol–water partition coefficient (Wildman–Crippen LogP) is 3.65. The summed E-state index contributed by atoms with van der Waals surface area (Å²) in [6.45, 7) is 5.25. The van der Waals surface area contributed by atoms with Gasteiger partial charge in [0.15, 0.2) is 0 Å². The first kappa shape index (κ1) is 13.2. The van der Waals surface area contributed by atoms with Gasteiger partial charge in [0.1, 0.15) is 11.9 Å². The molecule has 1 unspecified atom stereocenters. The average Bonchev–Trinajstić information content (AvgIpc) is 2.90. The van der Waals surface area contributed by atoms with Gasteiger partial charge in [-0.1, -0.05) is 48.0 Å². The lowest BCUT2D eigenvalue weighted by Gasteiger charge is -2.17. The molecule has 0 N–H and O–H groups in total. The highest BCUT2D eigenvalue weighted by atomic mass is 16.5. The summed E-state index contributed by atoms with van der Waals surface area (Å²) in [4.78, 5) is 2.47. The Morgan fingerprint density at radius 1 is 1.05 bits per heavy atom. The molecule has 1 saturated heterocycles. The lowest BCUT2D eigenvalue weighted by molar-refractivity contribution is 0.198. The van der Waals surface area contributed by atoms with E-state index < -0.39 is 0 Å². The van der Waals surface area contributed by atoms with Gasteiger partial charge in [0.2, 0.25) is 0 Å². The van der Waals surface area contributed by atoms with Crippen LogP contribution in [0.2, 0.25) is 0 Å². The van der Waals surface area contributed by atoms with Gasteiger partial charge < -0.3 is 4.74 Å². The van der Waals surface area contributed by atoms with Crippen molar-refractivity contribution in [3.63, 3.8) is 0 Å². The van der Waals surface area contributed by atoms with Gasteiger partial charge in [-0.25, -0.2) is 0 Å². The topological polar surface area (TPSA) is 12.5 Å². The van der Waals surface area contributed by atoms with E-state index in [-0.39, 0.29) is 0 Å². The van der Waals surface area contributed by atoms with E-state index >= 15 is 0 Å². The summed E-state index contributed by atoms with van der Waals surface area (Å²) in [5.74, 6) is 0.988. The minimum atomic E-state index is 0.321. The minimum Gasteiger partial charge on any atom is -0.489 e. The second kappa shape index (κ2) is 6.10. The number of benzene rings is 2. The van der Waals surface area contributed by atoms with Crippen LogP contribution in [0.3, 0.4) is 0 Å². The van der Waals surface area contributed by atoms with E-state index in [1.165, 1.54) is 11.1 Å². The molecule has 0 bridgehead atoms. The third-order valence-electron chi connectivity index (χ3n) is 3.80. The van der Waals surface area contributed by atoms with Crippen molar-refractivity contribution in [2.24, 2.45) is 0 Å². The Hall–Kier alpha value is -1.80. The number of ether oxygens (including phenoxy) is 1. The maximum atomic E-state index is 6.06. The van der Waals surface area contributed by atoms with E-state index in [1.54, 1.807) is 0 Å². The molecule has 1 fully saturated rings. The Morgan fingerprint density at radius 2 is 1.80 bits per heavy atom. The third-order valence-corrected chi connectivity index (χ3v) is 3.80. The highest BCUT2D eigenvalue weighted by molar-refractivity contribution is 5.26. The molecular formula is C18H21NO. The van der Waals surface area contributed by atoms with Crippen LogP contribution in [0.25, 0.3) is 0 Å². The zero-order chi connectivity index (χ0) is 13.8. The van der Waals surface area contributed by atoms with Crippen LogP contribution in [0, 0.1) is 6.92 Å². The van der Waals surface area contributed by atoms with E-state index in [2.05, 4.69) is 66.4 Å². The van der Waals surface area contributed by atoms with Crippen LogP contribution in [0.4, 0.5) is 0 Å². The minimum absolute atomic E-state index is 0.321. The van der Waals surface area contributed by atoms with E-state index in [4.69, 9.17) is 4.74 Å². The predicted molar refractivity (Wildman–Crippen MR) is 81.9 cm³/mol. The summed E-state index contributed by atoms with van der Waals surface area (Å²) in [6, 6.07) is 19.0. The Kier molecular flexibility index (Phi) is 4.03. The normalized spacial score (nSPS) is 19.1. The molecule has 2 heteroatoms. The van der Waals surface area contributed by atoms with Crippen LogP contribution < -0.4 is 4.74 Å². The van der Waals surface area contributed by atoms with Crippen molar-refractivity contribution in [2.45, 2.75) is 26.0 Å². The van der Waals surface area contributed by atoms with Crippen molar-refractivity contribution in [3.8, 4) is 5.75 Å². The largest absolute Gasteiger partial charge is 0.489 e. The summed E-state index contributed by atoms with van der Waals surface area (Å²) in [5, 5.41) is 0. The van der Waals surface area contributed by atoms with Gasteiger partial charge in [-0.2, -0.15) is 0 Å². The number of rotatable bonds is 4. The van der Waals surface area contributed by atoms with Crippen molar-refractivity contribution >= 4 is 0 Å². The zero-order valence-corrected chi connectivity index (χ0v) is 12.0. The van der Waals surface area contributed by atoms with Gasteiger partial charge in [-0.15, -0.1) is 0 Å². The van der Waals surface area contributed by atoms with Crippen LogP contribution in [-0.4, -0.2) is 24.1 Å². The third kappa shape index (κ3) is 3.40. The molecule has 2 aromatic carbocycles. The smallest absolute Gasteiger partial charge is 0.119 e. The molecule has 0 spiro atoms. The zero-order valence-electron chi connectivity index (χ0n) is 12.0. The van der Waals surface area contributed by atoms with Gasteiger partial charge >= 0.3 is 0 Å². The van der Waals surface area contributed by atoms with Gasteiger partial charge in [-0.3, -0.25) is 4.90 Å². The van der Waals surface area contributed by atoms with Crippen molar-refractivity contribution in [3.05, 3.63) is 65.7 Å². The quantitative estimate of drug-likeness (QED) is 0.838. The van der Waals surface area contributed by atoms with Crippen molar-refractivity contribution in [1.82, 2.24) is 4.90 Å². The standard InChI is InChI=1S/C18H21NO/c1-15-7-9-17(10-8-15)20-18-11-12-19(14-18)13-16-5-3-2-4-6-16/h2-10,18H,11-14H2,1H3. The Morgan fingerprint density at radius 3 is 2.55 bits per heavy atom. The van der Waals surface area contributed by atoms with Crippen LogP contribution in [-0.2, 0) is 6.54 Å². The van der Waals surface area contributed by atoms with Gasteiger partial charge in [0.25, 0.3) is 0 Å². The average molecular weight is 267 g/mol. The van der Waals surface area contributed by atoms with Crippen LogP contribution in [0.1, 0.15) is 17.5 Å². The molecule has 1 aliphatic heterocycles. The van der Waals surface area contributed by atoms with E-state index in [0.29, 0.717) is 6.10 Å². The molecule has 1 atom stereocenters. The van der Waals surface area contributed by atoms with Crippen LogP contribution >= 0.6 is 0 Å². The number of hydrogen-bond acceptors (Lipinski definition) is 2. The molecule has 2 nitrogen and oxygen atoms in total. The molecule has 2 aromatic rings. The lowest BCUT2D eigenvalue weighted by Crippen LogP contribution is -2.24. The van der Waals surface area contributed by atoms with Crippen molar-refractivity contribution < 1.29 is 4.74 Å². The molecule has 104 valence electrons. The number of hydrogen-bond donors (Lipinski definition) is 0. The van der Waals surface area contributed by atoms with Gasteiger partial charge in [0.05, 0.1) is 0 Å². The van der Waals surface area contributed by atoms with Gasteiger partial charge in [-0.05, 0) is 31.0 Å². The summed E-state index contributed by atoms with van der Waals surface area (Å²) in [5.41, 5.74) is 2.65. The Labute approximate surface area is 121 Å². The molecule has 3 rings (SSSR count). The Balaban J connectivity index is 1.53. The number of nitrogens with zero attached hydrogens (tertiary/aromatic N) is 1. The SMILES string of the molecule is Cc1ccc(OC2CCN(Cc3ccccc3)C2)cc1. The first-order valence-electron chi connectivity index (χ1n) is 7.29. The van der Waals surface area contributed by atoms with Crippen molar-refractivity contribution in [1.29, 1.82) is 0 Å². The van der Waals surface area contributed by atoms with Crippen molar-refractivity contribution in [2.75, 3.05) is 13.1 Å². The monoisotopic (exact) mass is 267 g/mol. The summed E-state index contributed by atoms with van der Waals surface area (Å²) < 4.78 is 6.06. The van der Waals surface area contributed by atoms with Crippen LogP contribution in [0.15, 0.2) is 54.6 Å². The molecule has 20 heavy (non-hydrogen) atoms. The van der Waals surface area contributed by atoms with E-state index in [1.807, 2.05) is 0 Å². The summed E-state index contributed by atoms with van der Waals surface area (Å²) in [7, 11) is 0.